The molecule has 0 radical (unpaired) electrons. The smallest absolute Gasteiger partial charge is 0.453 e. The van der Waals surface area contributed by atoms with Crippen molar-refractivity contribution in [2.24, 2.45) is 4.90 Å². The summed E-state index contributed by atoms with van der Waals surface area (Å²) >= 11 is 0. The highest BCUT2D eigenvalue weighted by Gasteiger charge is 2.49. The molecule has 2 aliphatic heterocycles. The van der Waals surface area contributed by atoms with Gasteiger partial charge in [0, 0.05) is 5.56 Å². The van der Waals surface area contributed by atoms with Gasteiger partial charge in [-0.25, -0.2) is 0 Å². The molecule has 8 N–H and O–H groups in total. The van der Waals surface area contributed by atoms with Crippen molar-refractivity contribution < 1.29 is 63.7 Å². The highest BCUT2D eigenvalue weighted by Crippen LogP contribution is 2.31. The van der Waals surface area contributed by atoms with Crippen LogP contribution in [0, 0.1) is 19.3 Å². The molecule has 2 atom stereocenters. The van der Waals surface area contributed by atoms with Gasteiger partial charge in [-0.2, -0.15) is 31.6 Å². The first kappa shape index (κ1) is 42.6. The number of aryl methyl sites for hydroxylation is 2. The third-order valence-corrected chi connectivity index (χ3v) is 7.45. The lowest BCUT2D eigenvalue weighted by molar-refractivity contribution is -0.123. The quantitative estimate of drug-likeness (QED) is 0.0841. The Morgan fingerprint density at radius 2 is 1.57 bits per heavy atom. The summed E-state index contributed by atoms with van der Waals surface area (Å²) in [5, 5.41) is 33.5. The molecule has 4 heterocycles. The van der Waals surface area contributed by atoms with Gasteiger partial charge in [0.25, 0.3) is 41.8 Å². The van der Waals surface area contributed by atoms with Gasteiger partial charge >= 0.3 is 29.7 Å². The van der Waals surface area contributed by atoms with Gasteiger partial charge in [0.2, 0.25) is 0 Å². The van der Waals surface area contributed by atoms with E-state index in [9.17, 15) is 31.2 Å². The lowest BCUT2D eigenvalue weighted by Gasteiger charge is -2.06. The monoisotopic (exact) mass is 782 g/mol. The maximum atomic E-state index is 12.0. The first-order valence-corrected chi connectivity index (χ1v) is 16.9. The van der Waals surface area contributed by atoms with Crippen LogP contribution in [0.3, 0.4) is 0 Å². The van der Waals surface area contributed by atoms with Gasteiger partial charge in [0.05, 0.1) is 0 Å². The molecule has 290 valence electrons. The Kier molecular flexibility index (Phi) is 14.0. The summed E-state index contributed by atoms with van der Waals surface area (Å²) < 4.78 is 80.9. The molecule has 54 heavy (non-hydrogen) atoms. The highest BCUT2D eigenvalue weighted by atomic mass is 32.2. The van der Waals surface area contributed by atoms with Crippen molar-refractivity contribution >= 4 is 70.9 Å². The van der Waals surface area contributed by atoms with Crippen LogP contribution in [0.2, 0.25) is 13.6 Å². The number of hydrogen-bond donors (Lipinski definition) is 7. The highest BCUT2D eigenvalue weighted by molar-refractivity contribution is 7.88. The van der Waals surface area contributed by atoms with E-state index in [1.165, 1.54) is 19.0 Å². The molecule has 4 aromatic rings. The predicted molar refractivity (Wildman–Crippen MR) is 189 cm³/mol. The third kappa shape index (κ3) is 11.9. The van der Waals surface area contributed by atoms with E-state index in [0.717, 1.165) is 29.3 Å². The second-order valence-corrected chi connectivity index (χ2v) is 12.6. The standard InChI is InChI=1S/C14H12N2O.C6H8BF3N2O5S.C5H9BN2O3.C4H6N2O2/c1-9-13(16-14(15)17-9)12-8-4-6-10-5-2-3-7-11(10)12;1-3-4(11-5(16-3)12-7(2)13)17-18(14,15)6(8,9)10;1-3-4(9)7-5(11-3)8-6(2)10;1-2-3(7)6-4(5)8-2/h2-8H,1H3,(H2,15,16);13H,1-2H3,(H,11,12);3,10H,1-2H3,(H,7,8,9);2H,1H3,(H2,5,6,7). The van der Waals surface area contributed by atoms with Crippen molar-refractivity contribution in [3.8, 4) is 17.1 Å². The van der Waals surface area contributed by atoms with Gasteiger partial charge in [-0.3, -0.25) is 30.5 Å². The van der Waals surface area contributed by atoms with Gasteiger partial charge in [0.15, 0.2) is 18.0 Å². The number of nitrogens with zero attached hydrogens (tertiary/aromatic N) is 3. The van der Waals surface area contributed by atoms with Gasteiger partial charge in [-0.15, -0.1) is 0 Å². The maximum absolute atomic E-state index is 12.0. The fourth-order valence-corrected chi connectivity index (χ4v) is 4.57. The number of oxazole rings is 2. The first-order chi connectivity index (χ1) is 25.1. The number of nitrogen functional groups attached to an aromatic ring is 1. The van der Waals surface area contributed by atoms with Crippen LogP contribution in [0.25, 0.3) is 22.0 Å². The lowest BCUT2D eigenvalue weighted by Crippen LogP contribution is -2.28. The summed E-state index contributed by atoms with van der Waals surface area (Å²) in [5.74, 6) is -0.861. The zero-order chi connectivity index (χ0) is 40.5. The van der Waals surface area contributed by atoms with Crippen LogP contribution >= 0.6 is 0 Å². The molecule has 2 amide bonds. The van der Waals surface area contributed by atoms with Gasteiger partial charge in [-0.1, -0.05) is 42.5 Å². The third-order valence-electron chi connectivity index (χ3n) is 6.51. The Morgan fingerprint density at radius 3 is 2.06 bits per heavy atom. The molecule has 0 bridgehead atoms. The Balaban J connectivity index is 0.000000202. The van der Waals surface area contributed by atoms with Crippen molar-refractivity contribution in [2.45, 2.75) is 59.1 Å². The number of nitrogens with two attached hydrogens (primary N) is 1. The molecule has 2 unspecified atom stereocenters. The molecule has 2 aromatic heterocycles. The molecule has 0 saturated carbocycles. The second kappa shape index (κ2) is 17.8. The molecule has 2 saturated heterocycles. The first-order valence-electron chi connectivity index (χ1n) is 15.5. The van der Waals surface area contributed by atoms with E-state index in [-0.39, 0.29) is 41.6 Å². The van der Waals surface area contributed by atoms with Crippen LogP contribution < -0.4 is 25.8 Å². The van der Waals surface area contributed by atoms with Crippen LogP contribution in [0.5, 0.6) is 5.88 Å². The van der Waals surface area contributed by atoms with Crippen LogP contribution in [-0.4, -0.2) is 84.1 Å². The summed E-state index contributed by atoms with van der Waals surface area (Å²) in [5.41, 5.74) is 1.90. The van der Waals surface area contributed by atoms with E-state index in [0.29, 0.717) is 0 Å². The Bertz CT molecular complexity index is 2110. The summed E-state index contributed by atoms with van der Waals surface area (Å²) in [6.07, 6.45) is -0.991. The number of nitrogens with one attached hydrogen (secondary N) is 4. The van der Waals surface area contributed by atoms with E-state index in [1.807, 2.05) is 31.2 Å². The van der Waals surface area contributed by atoms with E-state index >= 15 is 0 Å². The van der Waals surface area contributed by atoms with Crippen LogP contribution in [0.1, 0.15) is 25.4 Å². The largest absolute Gasteiger partial charge is 0.534 e. The normalized spacial score (nSPS) is 17.0. The van der Waals surface area contributed by atoms with Gasteiger partial charge in [-0.05, 0) is 52.1 Å². The van der Waals surface area contributed by atoms with Crippen LogP contribution in [0.15, 0.2) is 56.2 Å². The Hall–Kier alpha value is -5.81. The Morgan fingerprint density at radius 1 is 0.963 bits per heavy atom. The summed E-state index contributed by atoms with van der Waals surface area (Å²) in [4.78, 5) is 32.3. The number of halogens is 3. The number of ether oxygens (including phenoxy) is 2. The number of fused-ring (bicyclic) bond motifs is 1. The molecule has 6 rings (SSSR count). The number of aromatic nitrogens is 2. The minimum atomic E-state index is -5.80. The van der Waals surface area contributed by atoms with Crippen LogP contribution in [-0.2, 0) is 29.2 Å². The van der Waals surface area contributed by atoms with Crippen molar-refractivity contribution in [1.29, 1.82) is 5.41 Å². The number of carbonyl (C=O) groups excluding carboxylic acids is 2. The average molecular weight is 782 g/mol. The number of amidine groups is 2. The molecular weight excluding hydrogens is 747 g/mol. The number of anilines is 2. The lowest BCUT2D eigenvalue weighted by atomic mass is 9.90. The van der Waals surface area contributed by atoms with E-state index < -0.39 is 47.8 Å². The molecule has 2 aliphatic rings. The van der Waals surface area contributed by atoms with E-state index in [1.54, 1.807) is 13.8 Å². The number of amides is 2. The second-order valence-electron chi connectivity index (χ2n) is 11.1. The molecule has 0 aliphatic carbocycles. The number of carbonyl (C=O) groups is 2. The number of benzene rings is 2. The summed E-state index contributed by atoms with van der Waals surface area (Å²) in [7, 11) is -7.74. The molecule has 25 heteroatoms. The molecular formula is C29H35B2F3N8O11S. The van der Waals surface area contributed by atoms with Gasteiger partial charge in [0.1, 0.15) is 11.5 Å². The van der Waals surface area contributed by atoms with E-state index in [2.05, 4.69) is 57.9 Å². The molecule has 2 aromatic carbocycles. The predicted octanol–water partition coefficient (Wildman–Crippen LogP) is 2.56. The summed E-state index contributed by atoms with van der Waals surface area (Å²) in [6.45, 7) is 9.01. The van der Waals surface area contributed by atoms with Crippen molar-refractivity contribution in [3.05, 3.63) is 54.0 Å². The number of rotatable bonds is 6. The average Bonchev–Trinajstić information content (AvgIpc) is 3.76. The zero-order valence-corrected chi connectivity index (χ0v) is 30.2. The van der Waals surface area contributed by atoms with Crippen molar-refractivity contribution in [1.82, 2.24) is 20.6 Å². The Labute approximate surface area is 306 Å². The molecule has 19 nitrogen and oxygen atoms in total. The minimum absolute atomic E-state index is 0.0949. The number of hydrogen-bond acceptors (Lipinski definition) is 17. The molecule has 2 fully saturated rings. The topological polar surface area (TPSA) is 287 Å². The molecule has 0 spiro atoms. The van der Waals surface area contributed by atoms with Crippen LogP contribution in [0.4, 0.5) is 25.2 Å². The maximum Gasteiger partial charge on any atom is 0.534 e. The SMILES string of the molecule is CB(O)N=C1NC(=O)C(C)O1.CB(O)Nc1nc(OS(=O)(=O)C(F)(F)F)c(C)o1.CC1OC(=N)NC1=O.Cc1oc(N)nc1-c1cccc2ccccc12. The number of alkyl halides is 3. The zero-order valence-electron chi connectivity index (χ0n) is 29.4. The fourth-order valence-electron chi connectivity index (χ4n) is 4.11. The minimum Gasteiger partial charge on any atom is -0.453 e. The fraction of sp³-hybridized carbons (Fsp3) is 0.310. The summed E-state index contributed by atoms with van der Waals surface area (Å²) in [6, 6.07) is 14.1. The van der Waals surface area contributed by atoms with Gasteiger partial charge < -0.3 is 43.5 Å². The van der Waals surface area contributed by atoms with Crippen molar-refractivity contribution in [3.63, 3.8) is 0 Å². The van der Waals surface area contributed by atoms with Crippen molar-refractivity contribution in [2.75, 3.05) is 11.0 Å². The van der Waals surface area contributed by atoms with E-state index in [4.69, 9.17) is 34.8 Å².